The minimum Gasteiger partial charge on any atom is -0.494 e. The van der Waals surface area contributed by atoms with Crippen LogP contribution in [0.4, 0.5) is 4.39 Å². The summed E-state index contributed by atoms with van der Waals surface area (Å²) in [7, 11) is 1.43. The van der Waals surface area contributed by atoms with Crippen molar-refractivity contribution in [2.45, 2.75) is 0 Å². The zero-order chi connectivity index (χ0) is 22.8. The molecule has 0 aliphatic rings. The van der Waals surface area contributed by atoms with E-state index in [0.717, 1.165) is 5.56 Å². The molecule has 6 heteroatoms. The maximum absolute atomic E-state index is 14.2. The van der Waals surface area contributed by atoms with Gasteiger partial charge in [0.1, 0.15) is 16.9 Å². The van der Waals surface area contributed by atoms with E-state index in [1.165, 1.54) is 13.2 Å². The highest BCUT2D eigenvalue weighted by molar-refractivity contribution is 5.93. The van der Waals surface area contributed by atoms with Crippen LogP contribution in [0.25, 0.3) is 44.2 Å². The van der Waals surface area contributed by atoms with Crippen LogP contribution in [0.1, 0.15) is 0 Å². The second-order valence-electron chi connectivity index (χ2n) is 7.28. The number of para-hydroxylation sites is 2. The van der Waals surface area contributed by atoms with E-state index in [4.69, 9.17) is 13.7 Å². The van der Waals surface area contributed by atoms with Crippen LogP contribution in [0, 0.1) is 5.82 Å². The van der Waals surface area contributed by atoms with Crippen molar-refractivity contribution >= 4 is 32.9 Å². The van der Waals surface area contributed by atoms with Gasteiger partial charge >= 0.3 is 0 Å². The first-order chi connectivity index (χ1) is 16.2. The Balaban J connectivity index is 0.000000140. The molecule has 2 aromatic heterocycles. The third-order valence-electron chi connectivity index (χ3n) is 5.29. The van der Waals surface area contributed by atoms with Crippen LogP contribution in [-0.4, -0.2) is 12.3 Å². The van der Waals surface area contributed by atoms with Crippen molar-refractivity contribution in [1.29, 1.82) is 0 Å². The highest BCUT2D eigenvalue weighted by Crippen LogP contribution is 2.33. The standard InChI is InChI=1S/C14H10FNO2.C13H8O2/c1-17-11-8-7-10-12(13(11)15)14(16-18-10)9-5-3-2-4-6-9;14-13-9-5-1-3-7-11(9)15-12-8-4-2-6-10(12)13/h2-8H,1H3;1-8H. The second kappa shape index (κ2) is 8.59. The Morgan fingerprint density at radius 2 is 1.36 bits per heavy atom. The molecule has 0 aliphatic heterocycles. The number of fused-ring (bicyclic) bond motifs is 3. The number of hydrogen-bond acceptors (Lipinski definition) is 5. The molecule has 0 aliphatic carbocycles. The van der Waals surface area contributed by atoms with E-state index in [2.05, 4.69) is 5.16 Å². The lowest BCUT2D eigenvalue weighted by Gasteiger charge is -2.02. The Hall–Kier alpha value is -4.45. The van der Waals surface area contributed by atoms with Crippen molar-refractivity contribution in [2.24, 2.45) is 0 Å². The quantitative estimate of drug-likeness (QED) is 0.285. The van der Waals surface area contributed by atoms with Crippen LogP contribution in [0.3, 0.4) is 0 Å². The molecule has 0 amide bonds. The van der Waals surface area contributed by atoms with Gasteiger partial charge in [0.25, 0.3) is 0 Å². The van der Waals surface area contributed by atoms with Crippen LogP contribution in [-0.2, 0) is 0 Å². The highest BCUT2D eigenvalue weighted by atomic mass is 19.1. The zero-order valence-corrected chi connectivity index (χ0v) is 17.6. The molecule has 2 heterocycles. The third-order valence-corrected chi connectivity index (χ3v) is 5.29. The van der Waals surface area contributed by atoms with Crippen molar-refractivity contribution in [1.82, 2.24) is 5.16 Å². The number of aromatic nitrogens is 1. The summed E-state index contributed by atoms with van der Waals surface area (Å²) in [6.45, 7) is 0. The first-order valence-electron chi connectivity index (χ1n) is 10.3. The van der Waals surface area contributed by atoms with Crippen molar-refractivity contribution in [3.63, 3.8) is 0 Å². The molecule has 0 saturated carbocycles. The van der Waals surface area contributed by atoms with Crippen LogP contribution in [0.2, 0.25) is 0 Å². The van der Waals surface area contributed by atoms with Gasteiger partial charge in [-0.05, 0) is 36.4 Å². The summed E-state index contributed by atoms with van der Waals surface area (Å²) in [5.74, 6) is -0.266. The van der Waals surface area contributed by atoms with E-state index in [9.17, 15) is 9.18 Å². The summed E-state index contributed by atoms with van der Waals surface area (Å²) in [5, 5.41) is 5.55. The van der Waals surface area contributed by atoms with Gasteiger partial charge in [0.15, 0.2) is 17.1 Å². The van der Waals surface area contributed by atoms with Crippen molar-refractivity contribution < 1.29 is 18.1 Å². The summed E-state index contributed by atoms with van der Waals surface area (Å²) < 4.78 is 30.0. The van der Waals surface area contributed by atoms with Crippen LogP contribution >= 0.6 is 0 Å². The molecule has 0 spiro atoms. The molecule has 0 radical (unpaired) electrons. The van der Waals surface area contributed by atoms with E-state index < -0.39 is 5.82 Å². The third kappa shape index (κ3) is 3.72. The first kappa shape index (κ1) is 20.5. The van der Waals surface area contributed by atoms with E-state index in [1.807, 2.05) is 66.7 Å². The molecular formula is C27H18FNO4. The SMILES string of the molecule is COc1ccc2onc(-c3ccccc3)c2c1F.O=c1c2ccccc2oc2ccccc12. The monoisotopic (exact) mass is 439 g/mol. The molecule has 0 N–H and O–H groups in total. The Morgan fingerprint density at radius 3 is 2.00 bits per heavy atom. The number of benzene rings is 4. The fourth-order valence-corrected chi connectivity index (χ4v) is 3.68. The van der Waals surface area contributed by atoms with Crippen molar-refractivity contribution in [2.75, 3.05) is 7.11 Å². The van der Waals surface area contributed by atoms with Gasteiger partial charge in [-0.25, -0.2) is 4.39 Å². The fraction of sp³-hybridized carbons (Fsp3) is 0.0370. The van der Waals surface area contributed by atoms with E-state index in [-0.39, 0.29) is 11.2 Å². The largest absolute Gasteiger partial charge is 0.494 e. The van der Waals surface area contributed by atoms with Gasteiger partial charge in [0.05, 0.1) is 23.3 Å². The first-order valence-corrected chi connectivity index (χ1v) is 10.3. The van der Waals surface area contributed by atoms with Gasteiger partial charge < -0.3 is 13.7 Å². The summed E-state index contributed by atoms with van der Waals surface area (Å²) in [6.07, 6.45) is 0. The molecular weight excluding hydrogens is 421 g/mol. The van der Waals surface area contributed by atoms with Crippen LogP contribution < -0.4 is 10.2 Å². The molecule has 4 aromatic carbocycles. The molecule has 0 unspecified atom stereocenters. The maximum atomic E-state index is 14.2. The molecule has 0 bridgehead atoms. The maximum Gasteiger partial charge on any atom is 0.200 e. The zero-order valence-electron chi connectivity index (χ0n) is 17.6. The number of hydrogen-bond donors (Lipinski definition) is 0. The van der Waals surface area contributed by atoms with Crippen molar-refractivity contribution in [3.05, 3.63) is 107 Å². The van der Waals surface area contributed by atoms with E-state index >= 15 is 0 Å². The summed E-state index contributed by atoms with van der Waals surface area (Å²) >= 11 is 0. The smallest absolute Gasteiger partial charge is 0.200 e. The lowest BCUT2D eigenvalue weighted by molar-refractivity contribution is 0.388. The molecule has 0 fully saturated rings. The topological polar surface area (TPSA) is 65.5 Å². The van der Waals surface area contributed by atoms with Crippen LogP contribution in [0.5, 0.6) is 5.75 Å². The number of halogens is 1. The Morgan fingerprint density at radius 1 is 0.758 bits per heavy atom. The average molecular weight is 439 g/mol. The second-order valence-corrected chi connectivity index (χ2v) is 7.28. The molecule has 0 saturated heterocycles. The Labute approximate surface area is 187 Å². The summed E-state index contributed by atoms with van der Waals surface area (Å²) in [6, 6.07) is 27.1. The Bertz CT molecular complexity index is 1580. The van der Waals surface area contributed by atoms with E-state index in [1.54, 1.807) is 18.2 Å². The number of rotatable bonds is 2. The predicted octanol–water partition coefficient (Wildman–Crippen LogP) is 6.59. The lowest BCUT2D eigenvalue weighted by Crippen LogP contribution is -2.01. The van der Waals surface area contributed by atoms with E-state index in [0.29, 0.717) is 38.6 Å². The molecule has 6 aromatic rings. The lowest BCUT2D eigenvalue weighted by atomic mass is 10.1. The molecule has 33 heavy (non-hydrogen) atoms. The summed E-state index contributed by atoms with van der Waals surface area (Å²) in [5.41, 5.74) is 3.02. The van der Waals surface area contributed by atoms with Gasteiger partial charge in [0, 0.05) is 5.56 Å². The van der Waals surface area contributed by atoms with Gasteiger partial charge in [-0.3, -0.25) is 4.79 Å². The van der Waals surface area contributed by atoms with Gasteiger partial charge in [-0.2, -0.15) is 0 Å². The molecule has 0 atom stereocenters. The minimum atomic E-state index is -0.449. The number of methoxy groups -OCH3 is 1. The predicted molar refractivity (Wildman–Crippen MR) is 126 cm³/mol. The highest BCUT2D eigenvalue weighted by Gasteiger charge is 2.17. The average Bonchev–Trinajstić information content (AvgIpc) is 3.31. The van der Waals surface area contributed by atoms with Crippen LogP contribution in [0.15, 0.2) is 105 Å². The minimum absolute atomic E-state index is 0.0347. The Kier molecular flexibility index (Phi) is 5.32. The van der Waals surface area contributed by atoms with Gasteiger partial charge in [0.2, 0.25) is 5.43 Å². The number of nitrogens with zero attached hydrogens (tertiary/aromatic N) is 1. The molecule has 6 rings (SSSR count). The normalized spacial score (nSPS) is 10.8. The molecule has 5 nitrogen and oxygen atoms in total. The fourth-order valence-electron chi connectivity index (χ4n) is 3.68. The summed E-state index contributed by atoms with van der Waals surface area (Å²) in [4.78, 5) is 12.0. The van der Waals surface area contributed by atoms with Crippen molar-refractivity contribution in [3.8, 4) is 17.0 Å². The number of ether oxygens (including phenoxy) is 1. The molecule has 162 valence electrons. The van der Waals surface area contributed by atoms with Gasteiger partial charge in [-0.15, -0.1) is 0 Å². The van der Waals surface area contributed by atoms with Gasteiger partial charge in [-0.1, -0.05) is 59.8 Å².